The van der Waals surface area contributed by atoms with E-state index in [4.69, 9.17) is 10.2 Å². The highest BCUT2D eigenvalue weighted by Crippen LogP contribution is 2.61. The Kier molecular flexibility index (Phi) is 40.8. The van der Waals surface area contributed by atoms with Gasteiger partial charge in [-0.1, -0.05) is 144 Å². The number of aliphatic hydroxyl groups excluding tert-OH is 2. The molecule has 0 aliphatic heterocycles. The Morgan fingerprint density at radius 2 is 0.711 bits per heavy atom. The molecule has 38 heavy (non-hydrogen) atoms. The fourth-order valence-electron chi connectivity index (χ4n) is 5.34. The van der Waals surface area contributed by atoms with Gasteiger partial charge in [0, 0.05) is 7.26 Å². The molecule has 0 aromatic carbocycles. The molecule has 0 heterocycles. The van der Waals surface area contributed by atoms with E-state index in [1.54, 1.807) is 31.1 Å². The van der Waals surface area contributed by atoms with Gasteiger partial charge in [-0.2, -0.15) is 0 Å². The van der Waals surface area contributed by atoms with Gasteiger partial charge < -0.3 is 27.2 Å². The summed E-state index contributed by atoms with van der Waals surface area (Å²) in [6.07, 6.45) is 37.6. The third kappa shape index (κ3) is 31.4. The molecule has 0 fully saturated rings. The van der Waals surface area contributed by atoms with Crippen LogP contribution in [-0.4, -0.2) is 47.6 Å². The summed E-state index contributed by atoms with van der Waals surface area (Å²) in [4.78, 5) is 0. The van der Waals surface area contributed by atoms with Gasteiger partial charge in [-0.25, -0.2) is 0 Å². The van der Waals surface area contributed by atoms with Crippen LogP contribution in [0.3, 0.4) is 0 Å². The molecule has 0 radical (unpaired) electrons. The van der Waals surface area contributed by atoms with Gasteiger partial charge in [0.15, 0.2) is 0 Å². The van der Waals surface area contributed by atoms with Crippen molar-refractivity contribution in [3.05, 3.63) is 0 Å². The highest BCUT2D eigenvalue weighted by Gasteiger charge is 2.34. The maximum absolute atomic E-state index is 9.01. The zero-order valence-corrected chi connectivity index (χ0v) is 29.6. The Morgan fingerprint density at radius 1 is 0.421 bits per heavy atom. The minimum atomic E-state index is -0.620. The molecule has 2 nitrogen and oxygen atoms in total. The molecule has 1 unspecified atom stereocenters. The number of hydrogen-bond donors (Lipinski definition) is 2. The first-order valence-electron chi connectivity index (χ1n) is 17.2. The van der Waals surface area contributed by atoms with Crippen LogP contribution in [0.5, 0.6) is 0 Å². The zero-order chi connectivity index (χ0) is 27.9. The van der Waals surface area contributed by atoms with Crippen LogP contribution in [-0.2, 0) is 0 Å². The number of halogens is 1. The van der Waals surface area contributed by atoms with Gasteiger partial charge in [-0.3, -0.25) is 0 Å². The smallest absolute Gasteiger partial charge is 0.0770 e. The lowest BCUT2D eigenvalue weighted by Crippen LogP contribution is -3.00. The fraction of sp³-hybridized carbons (Fsp3) is 1.00. The molecule has 0 spiro atoms. The van der Waals surface area contributed by atoms with Crippen molar-refractivity contribution in [2.75, 3.05) is 31.3 Å². The molecule has 0 saturated heterocycles. The molecule has 1 atom stereocenters. The predicted molar refractivity (Wildman–Crippen MR) is 174 cm³/mol. The molecule has 0 aliphatic rings. The summed E-state index contributed by atoms with van der Waals surface area (Å²) in [5, 5.41) is 17.5. The maximum atomic E-state index is 9.01. The molecule has 0 rings (SSSR count). The zero-order valence-electron chi connectivity index (χ0n) is 27.1. The van der Waals surface area contributed by atoms with Gasteiger partial charge in [0.1, 0.15) is 0 Å². The van der Waals surface area contributed by atoms with Gasteiger partial charge in [-0.05, 0) is 38.5 Å². The van der Waals surface area contributed by atoms with Crippen LogP contribution in [0, 0.1) is 0 Å². The number of unbranched alkanes of at least 4 members (excludes halogenated alkanes) is 17. The van der Waals surface area contributed by atoms with Gasteiger partial charge >= 0.3 is 0 Å². The van der Waals surface area contributed by atoms with Crippen molar-refractivity contribution in [1.82, 2.24) is 0 Å². The second-order valence-corrected chi connectivity index (χ2v) is 16.3. The molecule has 0 aromatic heterocycles. The van der Waals surface area contributed by atoms with Crippen molar-refractivity contribution in [3.63, 3.8) is 0 Å². The summed E-state index contributed by atoms with van der Waals surface area (Å²) in [6, 6.07) is 0. The van der Waals surface area contributed by atoms with E-state index in [9.17, 15) is 0 Å². The first-order chi connectivity index (χ1) is 18.1. The van der Waals surface area contributed by atoms with Crippen LogP contribution in [0.25, 0.3) is 0 Å². The molecule has 0 aliphatic carbocycles. The van der Waals surface area contributed by atoms with Crippen LogP contribution in [0.4, 0.5) is 0 Å². The molecular weight excluding hydrogens is 551 g/mol. The van der Waals surface area contributed by atoms with E-state index < -0.39 is 13.4 Å². The van der Waals surface area contributed by atoms with Crippen LogP contribution in [0.2, 0.25) is 0 Å². The Bertz CT molecular complexity index is 386. The summed E-state index contributed by atoms with van der Waals surface area (Å²) in [5.74, 6) is 0. The normalized spacial score (nSPS) is 12.1. The lowest BCUT2D eigenvalue weighted by Gasteiger charge is -2.28. The molecular formula is C34H74BrO2P. The number of hydrogen-bond acceptors (Lipinski definition) is 2. The summed E-state index contributed by atoms with van der Waals surface area (Å²) >= 11 is 0. The van der Waals surface area contributed by atoms with Crippen molar-refractivity contribution >= 4 is 7.26 Å². The number of aliphatic hydroxyl groups is 2. The molecule has 0 aromatic rings. The first kappa shape index (κ1) is 43.3. The van der Waals surface area contributed by atoms with E-state index in [-0.39, 0.29) is 23.6 Å². The van der Waals surface area contributed by atoms with E-state index >= 15 is 0 Å². The van der Waals surface area contributed by atoms with E-state index in [0.717, 1.165) is 12.8 Å². The highest BCUT2D eigenvalue weighted by atomic mass is 79.9. The third-order valence-corrected chi connectivity index (χ3v) is 13.1. The summed E-state index contributed by atoms with van der Waals surface area (Å²) in [6.45, 7) is 11.6. The minimum absolute atomic E-state index is 0. The van der Waals surface area contributed by atoms with E-state index in [2.05, 4.69) is 34.6 Å². The maximum Gasteiger partial charge on any atom is 0.0770 e. The topological polar surface area (TPSA) is 40.5 Å². The van der Waals surface area contributed by atoms with E-state index in [0.29, 0.717) is 0 Å². The molecule has 0 saturated carbocycles. The minimum Gasteiger partial charge on any atom is -1.00 e. The van der Waals surface area contributed by atoms with Gasteiger partial charge in [0.25, 0.3) is 0 Å². The Labute approximate surface area is 253 Å². The highest BCUT2D eigenvalue weighted by molar-refractivity contribution is 7.75. The van der Waals surface area contributed by atoms with Gasteiger partial charge in [0.2, 0.25) is 0 Å². The SMILES string of the molecule is CCCCCCCCC(O)CO.CCCCCCCCCCCC[P+](CCCC)(CCCC)CCCC.[Br-]. The quantitative estimate of drug-likeness (QED) is 0.0677. The van der Waals surface area contributed by atoms with Crippen LogP contribution < -0.4 is 17.0 Å². The van der Waals surface area contributed by atoms with E-state index in [1.807, 2.05) is 0 Å². The average Bonchev–Trinajstić information content (AvgIpc) is 2.92. The summed E-state index contributed by atoms with van der Waals surface area (Å²) in [7, 11) is -0.620. The summed E-state index contributed by atoms with van der Waals surface area (Å²) < 4.78 is 0. The first-order valence-corrected chi connectivity index (χ1v) is 19.7. The van der Waals surface area contributed by atoms with Crippen LogP contribution >= 0.6 is 7.26 Å². The Hall–Kier alpha value is 0.830. The Balaban J connectivity index is -0.000000794. The van der Waals surface area contributed by atoms with Crippen molar-refractivity contribution in [1.29, 1.82) is 0 Å². The molecule has 4 heteroatoms. The molecule has 2 N–H and O–H groups in total. The fourth-order valence-corrected chi connectivity index (χ4v) is 10.5. The second-order valence-electron chi connectivity index (χ2n) is 11.9. The molecule has 0 amide bonds. The third-order valence-electron chi connectivity index (χ3n) is 8.05. The van der Waals surface area contributed by atoms with E-state index in [1.165, 1.54) is 128 Å². The Morgan fingerprint density at radius 3 is 1.05 bits per heavy atom. The predicted octanol–water partition coefficient (Wildman–Crippen LogP) is 8.42. The van der Waals surface area contributed by atoms with Crippen molar-refractivity contribution in [3.8, 4) is 0 Å². The monoisotopic (exact) mass is 624 g/mol. The lowest BCUT2D eigenvalue weighted by atomic mass is 10.1. The summed E-state index contributed by atoms with van der Waals surface area (Å²) in [5.41, 5.74) is 0. The molecule has 234 valence electrons. The van der Waals surface area contributed by atoms with Gasteiger partial charge in [-0.15, -0.1) is 0 Å². The molecule has 0 bridgehead atoms. The van der Waals surface area contributed by atoms with Crippen LogP contribution in [0.1, 0.15) is 182 Å². The average molecular weight is 626 g/mol. The largest absolute Gasteiger partial charge is 1.00 e. The lowest BCUT2D eigenvalue weighted by molar-refractivity contribution is -0.0000105. The van der Waals surface area contributed by atoms with Crippen molar-refractivity contribution < 1.29 is 27.2 Å². The standard InChI is InChI=1S/C24H52P.C10H22O2.BrH/c1-5-9-13-14-15-16-17-18-19-20-24-25(21-10-6-2,22-11-7-3)23-12-8-4;1-2-3-4-5-6-7-8-10(12)9-11;/h5-24H2,1-4H3;10-12H,2-9H2,1H3;1H/q+1;;/p-1. The van der Waals surface area contributed by atoms with Crippen LogP contribution in [0.15, 0.2) is 0 Å². The van der Waals surface area contributed by atoms with Gasteiger partial charge in [0.05, 0.1) is 37.4 Å². The second kappa shape index (κ2) is 35.9. The van der Waals surface area contributed by atoms with Crippen molar-refractivity contribution in [2.24, 2.45) is 0 Å². The van der Waals surface area contributed by atoms with Crippen molar-refractivity contribution in [2.45, 2.75) is 188 Å². The number of rotatable bonds is 28.